The SMILES string of the molecule is O=C(C[n+]1ccccc1)SCCc1ncno1.[Br-]. The van der Waals surface area contributed by atoms with Gasteiger partial charge in [0, 0.05) is 24.3 Å². The van der Waals surface area contributed by atoms with Gasteiger partial charge in [-0.1, -0.05) is 23.0 Å². The highest BCUT2D eigenvalue weighted by Gasteiger charge is 2.10. The van der Waals surface area contributed by atoms with Crippen molar-refractivity contribution in [1.29, 1.82) is 0 Å². The lowest BCUT2D eigenvalue weighted by molar-refractivity contribution is -0.683. The number of pyridine rings is 1. The highest BCUT2D eigenvalue weighted by atomic mass is 79.9. The van der Waals surface area contributed by atoms with Crippen LogP contribution >= 0.6 is 11.8 Å². The van der Waals surface area contributed by atoms with Gasteiger partial charge >= 0.3 is 0 Å². The molecule has 0 unspecified atom stereocenters. The van der Waals surface area contributed by atoms with Gasteiger partial charge in [0.25, 0.3) is 5.12 Å². The van der Waals surface area contributed by atoms with E-state index in [2.05, 4.69) is 10.1 Å². The number of hydrogen-bond acceptors (Lipinski definition) is 5. The normalized spacial score (nSPS) is 9.78. The Balaban J connectivity index is 0.00000162. The molecule has 2 rings (SSSR count). The summed E-state index contributed by atoms with van der Waals surface area (Å²) in [4.78, 5) is 15.5. The van der Waals surface area contributed by atoms with Crippen molar-refractivity contribution in [3.8, 4) is 0 Å². The first-order valence-electron chi connectivity index (χ1n) is 5.20. The first-order valence-corrected chi connectivity index (χ1v) is 6.18. The van der Waals surface area contributed by atoms with Crippen molar-refractivity contribution < 1.29 is 30.9 Å². The van der Waals surface area contributed by atoms with Gasteiger partial charge in [0.05, 0.1) is 0 Å². The fourth-order valence-electron chi connectivity index (χ4n) is 1.29. The third-order valence-electron chi connectivity index (χ3n) is 2.07. The number of nitrogens with zero attached hydrogens (tertiary/aromatic N) is 3. The molecule has 0 aliphatic carbocycles. The Morgan fingerprint density at radius 1 is 1.33 bits per heavy atom. The predicted octanol–water partition coefficient (Wildman–Crippen LogP) is -2.14. The molecule has 0 saturated carbocycles. The molecule has 18 heavy (non-hydrogen) atoms. The number of rotatable bonds is 5. The van der Waals surface area contributed by atoms with Gasteiger partial charge in [-0.2, -0.15) is 9.55 Å². The maximum Gasteiger partial charge on any atom is 0.253 e. The van der Waals surface area contributed by atoms with Crippen molar-refractivity contribution in [3.63, 3.8) is 0 Å². The quantitative estimate of drug-likeness (QED) is 0.586. The molecule has 2 aromatic rings. The average molecular weight is 330 g/mol. The van der Waals surface area contributed by atoms with Crippen molar-refractivity contribution in [2.45, 2.75) is 13.0 Å². The summed E-state index contributed by atoms with van der Waals surface area (Å²) in [6, 6.07) is 5.72. The van der Waals surface area contributed by atoms with Crippen molar-refractivity contribution in [2.24, 2.45) is 0 Å². The fourth-order valence-corrected chi connectivity index (χ4v) is 2.04. The monoisotopic (exact) mass is 329 g/mol. The summed E-state index contributed by atoms with van der Waals surface area (Å²) in [5, 5.41) is 3.63. The molecule has 0 atom stereocenters. The van der Waals surface area contributed by atoms with Gasteiger partial charge in [-0.15, -0.1) is 0 Å². The zero-order valence-electron chi connectivity index (χ0n) is 9.53. The molecule has 0 radical (unpaired) electrons. The van der Waals surface area contributed by atoms with E-state index in [1.54, 1.807) is 0 Å². The van der Waals surface area contributed by atoms with E-state index in [0.29, 0.717) is 24.6 Å². The highest BCUT2D eigenvalue weighted by molar-refractivity contribution is 8.13. The van der Waals surface area contributed by atoms with Crippen LogP contribution < -0.4 is 21.5 Å². The Kier molecular flexibility index (Phi) is 6.59. The minimum absolute atomic E-state index is 0. The van der Waals surface area contributed by atoms with Crippen LogP contribution in [0.3, 0.4) is 0 Å². The highest BCUT2D eigenvalue weighted by Crippen LogP contribution is 2.05. The largest absolute Gasteiger partial charge is 1.00 e. The van der Waals surface area contributed by atoms with E-state index in [1.165, 1.54) is 18.1 Å². The number of aromatic nitrogens is 3. The molecule has 96 valence electrons. The maximum atomic E-state index is 11.6. The number of aryl methyl sites for hydroxylation is 1. The summed E-state index contributed by atoms with van der Waals surface area (Å²) in [6.45, 7) is 0.384. The van der Waals surface area contributed by atoms with Crippen LogP contribution in [0, 0.1) is 0 Å². The lowest BCUT2D eigenvalue weighted by atomic mass is 10.5. The molecule has 2 heterocycles. The van der Waals surface area contributed by atoms with E-state index < -0.39 is 0 Å². The lowest BCUT2D eigenvalue weighted by Crippen LogP contribution is -3.00. The topological polar surface area (TPSA) is 59.9 Å². The second-order valence-electron chi connectivity index (χ2n) is 3.35. The number of halogens is 1. The van der Waals surface area contributed by atoms with Crippen molar-refractivity contribution in [3.05, 3.63) is 42.8 Å². The van der Waals surface area contributed by atoms with Crippen molar-refractivity contribution in [2.75, 3.05) is 5.75 Å². The smallest absolute Gasteiger partial charge is 0.253 e. The van der Waals surface area contributed by atoms with Crippen LogP contribution in [-0.4, -0.2) is 21.0 Å². The minimum atomic E-state index is 0. The minimum Gasteiger partial charge on any atom is -1.00 e. The van der Waals surface area contributed by atoms with Crippen molar-refractivity contribution in [1.82, 2.24) is 10.1 Å². The average Bonchev–Trinajstić information content (AvgIpc) is 2.83. The Labute approximate surface area is 119 Å². The standard InChI is InChI=1S/C11H12N3O2S.BrH/c15-11(8-14-5-2-1-3-6-14)17-7-4-10-12-9-13-16-10;/h1-3,5-6,9H,4,7-8H2;1H/q+1;/p-1. The molecular formula is C11H12BrN3O2S. The van der Waals surface area contributed by atoms with Crippen LogP contribution in [0.25, 0.3) is 0 Å². The molecule has 5 nitrogen and oxygen atoms in total. The zero-order chi connectivity index (χ0) is 11.9. The Hall–Kier alpha value is -1.21. The molecule has 0 saturated heterocycles. The molecule has 2 aromatic heterocycles. The molecule has 0 bridgehead atoms. The Bertz CT molecular complexity index is 464. The van der Waals surface area contributed by atoms with Gasteiger partial charge in [0.1, 0.15) is 0 Å². The summed E-state index contributed by atoms with van der Waals surface area (Å²) in [6.07, 6.45) is 5.73. The molecule has 0 fully saturated rings. The second kappa shape index (κ2) is 7.99. The number of carbonyl (C=O) groups is 1. The number of carbonyl (C=O) groups excluding carboxylic acids is 1. The molecule has 0 aliphatic heterocycles. The molecule has 0 N–H and O–H groups in total. The summed E-state index contributed by atoms with van der Waals surface area (Å²) >= 11 is 1.28. The van der Waals surface area contributed by atoms with Gasteiger partial charge in [-0.25, -0.2) is 0 Å². The van der Waals surface area contributed by atoms with E-state index in [9.17, 15) is 4.79 Å². The molecule has 0 amide bonds. The molecule has 7 heteroatoms. The first kappa shape index (κ1) is 14.8. The lowest BCUT2D eigenvalue weighted by Gasteiger charge is -1.96. The van der Waals surface area contributed by atoms with Crippen LogP contribution in [-0.2, 0) is 17.8 Å². The van der Waals surface area contributed by atoms with Gasteiger partial charge in [-0.05, 0) is 0 Å². The number of thioether (sulfide) groups is 1. The molecule has 0 aliphatic rings. The van der Waals surface area contributed by atoms with Gasteiger partial charge in [-0.3, -0.25) is 4.79 Å². The van der Waals surface area contributed by atoms with E-state index in [-0.39, 0.29) is 22.1 Å². The van der Waals surface area contributed by atoms with E-state index >= 15 is 0 Å². The Morgan fingerprint density at radius 2 is 2.11 bits per heavy atom. The van der Waals surface area contributed by atoms with Crippen LogP contribution in [0.1, 0.15) is 5.89 Å². The number of hydrogen-bond donors (Lipinski definition) is 0. The summed E-state index contributed by atoms with van der Waals surface area (Å²) < 4.78 is 6.69. The third kappa shape index (κ3) is 4.97. The molecule has 0 aromatic carbocycles. The molecule has 0 spiro atoms. The maximum absolute atomic E-state index is 11.6. The third-order valence-corrected chi connectivity index (χ3v) is 2.93. The van der Waals surface area contributed by atoms with Gasteiger partial charge < -0.3 is 21.5 Å². The fraction of sp³-hybridized carbons (Fsp3) is 0.273. The van der Waals surface area contributed by atoms with E-state index in [1.807, 2.05) is 35.2 Å². The van der Waals surface area contributed by atoms with Crippen LogP contribution in [0.4, 0.5) is 0 Å². The van der Waals surface area contributed by atoms with Gasteiger partial charge in [0.2, 0.25) is 12.4 Å². The Morgan fingerprint density at radius 3 is 2.78 bits per heavy atom. The van der Waals surface area contributed by atoms with E-state index in [4.69, 9.17) is 4.52 Å². The summed E-state index contributed by atoms with van der Waals surface area (Å²) in [5.74, 6) is 1.23. The second-order valence-corrected chi connectivity index (χ2v) is 4.51. The summed E-state index contributed by atoms with van der Waals surface area (Å²) in [7, 11) is 0. The zero-order valence-corrected chi connectivity index (χ0v) is 11.9. The van der Waals surface area contributed by atoms with E-state index in [0.717, 1.165) is 0 Å². The predicted molar refractivity (Wildman–Crippen MR) is 62.1 cm³/mol. The summed E-state index contributed by atoms with van der Waals surface area (Å²) in [5.41, 5.74) is 0. The van der Waals surface area contributed by atoms with Crippen molar-refractivity contribution >= 4 is 16.9 Å². The van der Waals surface area contributed by atoms with Crippen LogP contribution in [0.5, 0.6) is 0 Å². The first-order chi connectivity index (χ1) is 8.34. The molecular weight excluding hydrogens is 318 g/mol. The van der Waals surface area contributed by atoms with Gasteiger partial charge in [0.15, 0.2) is 18.7 Å². The van der Waals surface area contributed by atoms with Crippen LogP contribution in [0.15, 0.2) is 41.4 Å². The van der Waals surface area contributed by atoms with Crippen LogP contribution in [0.2, 0.25) is 0 Å².